The van der Waals surface area contributed by atoms with E-state index < -0.39 is 0 Å². The van der Waals surface area contributed by atoms with E-state index in [9.17, 15) is 0 Å². The fraction of sp³-hybridized carbons (Fsp3) is 0.421. The molecule has 5 heteroatoms. The van der Waals surface area contributed by atoms with E-state index in [1.54, 1.807) is 19.1 Å². The standard InChI is InChI=1S/C19H25N3O2/c1-15-12-17(23-2)18(24-3)13-16(15)14-21-8-10-22(11-9-21)19-6-4-5-7-20-19/h4-7,12-13H,8-11,14H2,1-3H3/p+2. The molecule has 3 rings (SSSR count). The molecule has 1 aliphatic rings. The van der Waals surface area contributed by atoms with E-state index in [-0.39, 0.29) is 0 Å². The number of rotatable bonds is 5. The molecule has 0 unspecified atom stereocenters. The number of nitrogens with one attached hydrogen (secondary N) is 2. The Kier molecular flexibility index (Phi) is 5.20. The summed E-state index contributed by atoms with van der Waals surface area (Å²) >= 11 is 0. The van der Waals surface area contributed by atoms with Gasteiger partial charge in [-0.2, -0.15) is 0 Å². The van der Waals surface area contributed by atoms with Crippen molar-refractivity contribution in [3.8, 4) is 11.5 Å². The zero-order valence-corrected chi connectivity index (χ0v) is 14.8. The van der Waals surface area contributed by atoms with Crippen LogP contribution < -0.4 is 24.3 Å². The summed E-state index contributed by atoms with van der Waals surface area (Å²) in [5, 5.41) is 0. The highest BCUT2D eigenvalue weighted by Gasteiger charge is 2.26. The molecule has 2 N–H and O–H groups in total. The van der Waals surface area contributed by atoms with Crippen molar-refractivity contribution in [2.75, 3.05) is 45.3 Å². The fourth-order valence-electron chi connectivity index (χ4n) is 3.30. The molecule has 1 fully saturated rings. The molecule has 1 saturated heterocycles. The van der Waals surface area contributed by atoms with Gasteiger partial charge in [0.05, 0.1) is 20.4 Å². The van der Waals surface area contributed by atoms with Gasteiger partial charge < -0.3 is 14.4 Å². The summed E-state index contributed by atoms with van der Waals surface area (Å²) in [6, 6.07) is 10.4. The molecule has 2 aromatic rings. The van der Waals surface area contributed by atoms with Gasteiger partial charge in [-0.15, -0.1) is 0 Å². The molecule has 0 spiro atoms. The largest absolute Gasteiger partial charge is 0.493 e. The number of pyridine rings is 1. The second-order valence-electron chi connectivity index (χ2n) is 6.30. The summed E-state index contributed by atoms with van der Waals surface area (Å²) in [6.45, 7) is 7.59. The Morgan fingerprint density at radius 1 is 1.08 bits per heavy atom. The maximum atomic E-state index is 5.45. The molecule has 0 radical (unpaired) electrons. The van der Waals surface area contributed by atoms with Crippen molar-refractivity contribution in [1.29, 1.82) is 0 Å². The van der Waals surface area contributed by atoms with E-state index in [1.165, 1.54) is 16.9 Å². The Morgan fingerprint density at radius 3 is 2.42 bits per heavy atom. The molecule has 0 atom stereocenters. The zero-order chi connectivity index (χ0) is 16.9. The maximum absolute atomic E-state index is 5.45. The van der Waals surface area contributed by atoms with Crippen LogP contribution in [0.25, 0.3) is 0 Å². The number of nitrogens with zero attached hydrogens (tertiary/aromatic N) is 1. The summed E-state index contributed by atoms with van der Waals surface area (Å²) in [4.78, 5) is 7.36. The summed E-state index contributed by atoms with van der Waals surface area (Å²) in [5.41, 5.74) is 2.60. The van der Waals surface area contributed by atoms with Crippen molar-refractivity contribution in [2.24, 2.45) is 0 Å². The van der Waals surface area contributed by atoms with Crippen LogP contribution in [0.1, 0.15) is 11.1 Å². The molecule has 5 nitrogen and oxygen atoms in total. The average Bonchev–Trinajstić information content (AvgIpc) is 2.64. The summed E-state index contributed by atoms with van der Waals surface area (Å²) in [5.74, 6) is 2.83. The molecule has 2 heterocycles. The van der Waals surface area contributed by atoms with Crippen LogP contribution in [0.15, 0.2) is 36.5 Å². The molecule has 128 valence electrons. The first-order chi connectivity index (χ1) is 11.7. The van der Waals surface area contributed by atoms with Crippen molar-refractivity contribution in [3.63, 3.8) is 0 Å². The highest BCUT2D eigenvalue weighted by molar-refractivity contribution is 5.46. The van der Waals surface area contributed by atoms with Crippen molar-refractivity contribution in [1.82, 2.24) is 0 Å². The van der Waals surface area contributed by atoms with Crippen LogP contribution in [0.2, 0.25) is 0 Å². The van der Waals surface area contributed by atoms with Gasteiger partial charge in [-0.1, -0.05) is 6.07 Å². The van der Waals surface area contributed by atoms with Crippen LogP contribution in [0.5, 0.6) is 11.5 Å². The number of ether oxygens (including phenoxy) is 2. The van der Waals surface area contributed by atoms with Crippen molar-refractivity contribution in [2.45, 2.75) is 13.5 Å². The lowest BCUT2D eigenvalue weighted by Gasteiger charge is -2.28. The summed E-state index contributed by atoms with van der Waals surface area (Å²) < 4.78 is 10.8. The van der Waals surface area contributed by atoms with Gasteiger partial charge in [-0.25, -0.2) is 4.98 Å². The van der Waals surface area contributed by atoms with Gasteiger partial charge >= 0.3 is 0 Å². The molecule has 24 heavy (non-hydrogen) atoms. The third kappa shape index (κ3) is 3.62. The molecule has 1 aromatic heterocycles. The van der Waals surface area contributed by atoms with E-state index in [0.29, 0.717) is 0 Å². The molecule has 0 bridgehead atoms. The number of aromatic amines is 1. The van der Waals surface area contributed by atoms with E-state index in [4.69, 9.17) is 9.47 Å². The number of hydrogen-bond acceptors (Lipinski definition) is 3. The second-order valence-corrected chi connectivity index (χ2v) is 6.30. The molecule has 1 aromatic carbocycles. The monoisotopic (exact) mass is 329 g/mol. The van der Waals surface area contributed by atoms with E-state index in [0.717, 1.165) is 44.2 Å². The number of aryl methyl sites for hydroxylation is 1. The van der Waals surface area contributed by atoms with Crippen LogP contribution >= 0.6 is 0 Å². The number of benzene rings is 1. The number of anilines is 1. The maximum Gasteiger partial charge on any atom is 0.274 e. The van der Waals surface area contributed by atoms with Gasteiger partial charge in [0, 0.05) is 11.6 Å². The second kappa shape index (κ2) is 7.53. The van der Waals surface area contributed by atoms with Gasteiger partial charge in [0.1, 0.15) is 32.7 Å². The van der Waals surface area contributed by atoms with E-state index in [2.05, 4.69) is 41.1 Å². The van der Waals surface area contributed by atoms with Crippen LogP contribution in [0.3, 0.4) is 0 Å². The first-order valence-electron chi connectivity index (χ1n) is 8.48. The molecule has 0 saturated carbocycles. The van der Waals surface area contributed by atoms with Crippen LogP contribution in [-0.4, -0.2) is 40.4 Å². The van der Waals surface area contributed by atoms with Crippen LogP contribution in [0, 0.1) is 6.92 Å². The van der Waals surface area contributed by atoms with Crippen molar-refractivity contribution >= 4 is 5.82 Å². The number of hydrogen-bond donors (Lipinski definition) is 1. The van der Waals surface area contributed by atoms with Gasteiger partial charge in [0.2, 0.25) is 0 Å². The predicted molar refractivity (Wildman–Crippen MR) is 93.9 cm³/mol. The number of methoxy groups -OCH3 is 2. The summed E-state index contributed by atoms with van der Waals surface area (Å²) in [6.07, 6.45) is 1.99. The highest BCUT2D eigenvalue weighted by atomic mass is 16.5. The fourth-order valence-corrected chi connectivity index (χ4v) is 3.30. The first-order valence-corrected chi connectivity index (χ1v) is 8.48. The Labute approximate surface area is 143 Å². The number of quaternary nitrogens is 1. The highest BCUT2D eigenvalue weighted by Crippen LogP contribution is 2.29. The van der Waals surface area contributed by atoms with Gasteiger partial charge in [0.25, 0.3) is 5.82 Å². The number of aromatic nitrogens is 1. The minimum absolute atomic E-state index is 0.804. The molecule has 0 aliphatic carbocycles. The van der Waals surface area contributed by atoms with Crippen molar-refractivity contribution in [3.05, 3.63) is 47.7 Å². The molecule has 0 amide bonds. The SMILES string of the molecule is COc1cc(C)c(C[NH+]2CCN(c3cccc[nH+]3)CC2)cc1OC. The third-order valence-corrected chi connectivity index (χ3v) is 4.79. The topological polar surface area (TPSA) is 40.3 Å². The lowest BCUT2D eigenvalue weighted by Crippen LogP contribution is -3.13. The van der Waals surface area contributed by atoms with E-state index >= 15 is 0 Å². The Hall–Kier alpha value is -2.27. The van der Waals surface area contributed by atoms with Gasteiger partial charge in [-0.05, 0) is 30.7 Å². The first kappa shape index (κ1) is 16.6. The lowest BCUT2D eigenvalue weighted by atomic mass is 10.1. The molecule has 1 aliphatic heterocycles. The quantitative estimate of drug-likeness (QED) is 0.879. The number of H-pyrrole nitrogens is 1. The predicted octanol–water partition coefficient (Wildman–Crippen LogP) is 0.731. The van der Waals surface area contributed by atoms with Crippen LogP contribution in [0.4, 0.5) is 5.82 Å². The van der Waals surface area contributed by atoms with Gasteiger partial charge in [0.15, 0.2) is 11.5 Å². The third-order valence-electron chi connectivity index (χ3n) is 4.79. The van der Waals surface area contributed by atoms with Crippen molar-refractivity contribution < 1.29 is 19.4 Å². The van der Waals surface area contributed by atoms with E-state index in [1.807, 2.05) is 12.3 Å². The average molecular weight is 329 g/mol. The lowest BCUT2D eigenvalue weighted by molar-refractivity contribution is -0.914. The molecular formula is C19H27N3O2+2. The normalized spacial score (nSPS) is 15.4. The zero-order valence-electron chi connectivity index (χ0n) is 14.8. The minimum Gasteiger partial charge on any atom is -0.493 e. The van der Waals surface area contributed by atoms with Crippen LogP contribution in [-0.2, 0) is 6.54 Å². The Morgan fingerprint density at radius 2 is 1.79 bits per heavy atom. The molecular weight excluding hydrogens is 302 g/mol. The Bertz CT molecular complexity index is 668. The number of piperazine rings is 1. The summed E-state index contributed by atoms with van der Waals surface area (Å²) in [7, 11) is 3.38. The Balaban J connectivity index is 1.64. The van der Waals surface area contributed by atoms with Gasteiger partial charge in [-0.3, -0.25) is 4.90 Å². The smallest absolute Gasteiger partial charge is 0.274 e. The minimum atomic E-state index is 0.804.